The van der Waals surface area contributed by atoms with Crippen LogP contribution in [0.2, 0.25) is 5.15 Å². The molecule has 0 bridgehead atoms. The van der Waals surface area contributed by atoms with E-state index in [1.165, 1.54) is 18.1 Å². The van der Waals surface area contributed by atoms with E-state index in [1.54, 1.807) is 12.3 Å². The summed E-state index contributed by atoms with van der Waals surface area (Å²) >= 11 is 7.18. The van der Waals surface area contributed by atoms with Crippen LogP contribution in [0.5, 0.6) is 0 Å². The highest BCUT2D eigenvalue weighted by Gasteiger charge is 2.03. The molecule has 72 valence electrons. The Morgan fingerprint density at radius 1 is 1.36 bits per heavy atom. The molecule has 0 aliphatic rings. The van der Waals surface area contributed by atoms with E-state index in [0.29, 0.717) is 5.15 Å². The summed E-state index contributed by atoms with van der Waals surface area (Å²) in [4.78, 5) is 12.0. The van der Waals surface area contributed by atoms with E-state index >= 15 is 0 Å². The maximum absolute atomic E-state index is 5.73. The number of aryl methyl sites for hydroxylation is 1. The molecule has 0 spiro atoms. The molecule has 0 saturated heterocycles. The highest BCUT2D eigenvalue weighted by Crippen LogP contribution is 2.24. The standard InChI is InChI=1S/C8H7ClN4S/c1-13-3-2-10-8(13)14-7-4-6(9)11-5-12-7/h2-5H,1H3. The molecule has 0 aromatic carbocycles. The van der Waals surface area contributed by atoms with Crippen LogP contribution in [0, 0.1) is 0 Å². The van der Waals surface area contributed by atoms with E-state index in [9.17, 15) is 0 Å². The summed E-state index contributed by atoms with van der Waals surface area (Å²) in [6.07, 6.45) is 5.06. The van der Waals surface area contributed by atoms with Gasteiger partial charge in [-0.25, -0.2) is 15.0 Å². The van der Waals surface area contributed by atoms with Crippen molar-refractivity contribution < 1.29 is 0 Å². The fourth-order valence-corrected chi connectivity index (χ4v) is 1.90. The first-order chi connectivity index (χ1) is 6.75. The van der Waals surface area contributed by atoms with E-state index in [0.717, 1.165) is 10.2 Å². The predicted octanol–water partition coefficient (Wildman–Crippen LogP) is 2.01. The molecule has 4 nitrogen and oxygen atoms in total. The van der Waals surface area contributed by atoms with Gasteiger partial charge in [-0.15, -0.1) is 0 Å². The molecule has 2 aromatic rings. The van der Waals surface area contributed by atoms with Gasteiger partial charge in [-0.2, -0.15) is 0 Å². The zero-order valence-electron chi connectivity index (χ0n) is 7.38. The van der Waals surface area contributed by atoms with Crippen molar-refractivity contribution in [2.75, 3.05) is 0 Å². The maximum atomic E-state index is 5.73. The molecular formula is C8H7ClN4S. The molecule has 14 heavy (non-hydrogen) atoms. The third-order valence-electron chi connectivity index (χ3n) is 1.58. The molecule has 2 rings (SSSR count). The minimum Gasteiger partial charge on any atom is -0.329 e. The van der Waals surface area contributed by atoms with Crippen LogP contribution >= 0.6 is 23.4 Å². The highest BCUT2D eigenvalue weighted by atomic mass is 35.5. The Kier molecular flexibility index (Phi) is 2.69. The Bertz CT molecular complexity index is 442. The molecule has 0 unspecified atom stereocenters. The van der Waals surface area contributed by atoms with E-state index in [-0.39, 0.29) is 0 Å². The fraction of sp³-hybridized carbons (Fsp3) is 0.125. The van der Waals surface area contributed by atoms with Crippen molar-refractivity contribution in [3.05, 3.63) is 29.9 Å². The van der Waals surface area contributed by atoms with Crippen LogP contribution in [0.3, 0.4) is 0 Å². The first-order valence-corrected chi connectivity index (χ1v) is 5.08. The minimum absolute atomic E-state index is 0.441. The Balaban J connectivity index is 2.23. The summed E-state index contributed by atoms with van der Waals surface area (Å²) in [6, 6.07) is 1.71. The third-order valence-corrected chi connectivity index (χ3v) is 2.80. The number of halogens is 1. The summed E-state index contributed by atoms with van der Waals surface area (Å²) in [5, 5.41) is 2.11. The molecule has 0 aliphatic heterocycles. The van der Waals surface area contributed by atoms with Crippen molar-refractivity contribution >= 4 is 23.4 Å². The van der Waals surface area contributed by atoms with E-state index in [4.69, 9.17) is 11.6 Å². The van der Waals surface area contributed by atoms with Crippen LogP contribution < -0.4 is 0 Å². The van der Waals surface area contributed by atoms with Crippen LogP contribution in [0.1, 0.15) is 0 Å². The zero-order valence-corrected chi connectivity index (χ0v) is 8.96. The third kappa shape index (κ3) is 2.05. The number of imidazole rings is 1. The lowest BCUT2D eigenvalue weighted by Crippen LogP contribution is -1.90. The first-order valence-electron chi connectivity index (χ1n) is 3.88. The Labute approximate surface area is 90.4 Å². The van der Waals surface area contributed by atoms with E-state index in [1.807, 2.05) is 17.8 Å². The van der Waals surface area contributed by atoms with Crippen molar-refractivity contribution in [2.45, 2.75) is 10.2 Å². The average Bonchev–Trinajstić information content (AvgIpc) is 2.52. The molecule has 0 saturated carbocycles. The molecule has 0 atom stereocenters. The second kappa shape index (κ2) is 3.98. The molecular weight excluding hydrogens is 220 g/mol. The quantitative estimate of drug-likeness (QED) is 0.735. The van der Waals surface area contributed by atoms with Gasteiger partial charge in [0.15, 0.2) is 5.16 Å². The summed E-state index contributed by atoms with van der Waals surface area (Å²) in [7, 11) is 1.93. The van der Waals surface area contributed by atoms with Gasteiger partial charge in [-0.05, 0) is 11.8 Å². The van der Waals surface area contributed by atoms with Crippen molar-refractivity contribution in [1.29, 1.82) is 0 Å². The second-order valence-electron chi connectivity index (χ2n) is 2.60. The van der Waals surface area contributed by atoms with Crippen LogP contribution in [0.15, 0.2) is 35.0 Å². The molecule has 2 heterocycles. The lowest BCUT2D eigenvalue weighted by Gasteiger charge is -1.99. The van der Waals surface area contributed by atoms with E-state index in [2.05, 4.69) is 15.0 Å². The van der Waals surface area contributed by atoms with Gasteiger partial charge in [0.05, 0.1) is 0 Å². The average molecular weight is 227 g/mol. The van der Waals surface area contributed by atoms with Gasteiger partial charge in [0, 0.05) is 25.5 Å². The number of hydrogen-bond acceptors (Lipinski definition) is 4. The van der Waals surface area contributed by atoms with Crippen molar-refractivity contribution in [1.82, 2.24) is 19.5 Å². The molecule has 0 fully saturated rings. The SMILES string of the molecule is Cn1ccnc1Sc1cc(Cl)ncn1. The van der Waals surface area contributed by atoms with Crippen LogP contribution in [-0.4, -0.2) is 19.5 Å². The minimum atomic E-state index is 0.441. The van der Waals surface area contributed by atoms with Gasteiger partial charge in [0.1, 0.15) is 16.5 Å². The largest absolute Gasteiger partial charge is 0.329 e. The van der Waals surface area contributed by atoms with Gasteiger partial charge in [-0.1, -0.05) is 11.6 Å². The van der Waals surface area contributed by atoms with Crippen molar-refractivity contribution in [2.24, 2.45) is 7.05 Å². The molecule has 0 amide bonds. The summed E-state index contributed by atoms with van der Waals surface area (Å²) in [5.41, 5.74) is 0. The van der Waals surface area contributed by atoms with Crippen molar-refractivity contribution in [3.8, 4) is 0 Å². The van der Waals surface area contributed by atoms with E-state index < -0.39 is 0 Å². The summed E-state index contributed by atoms with van der Waals surface area (Å²) < 4.78 is 1.92. The van der Waals surface area contributed by atoms with Crippen LogP contribution in [0.4, 0.5) is 0 Å². The maximum Gasteiger partial charge on any atom is 0.174 e. The molecule has 0 N–H and O–H groups in total. The molecule has 6 heteroatoms. The Hall–Kier alpha value is -1.07. The van der Waals surface area contributed by atoms with Gasteiger partial charge in [0.25, 0.3) is 0 Å². The van der Waals surface area contributed by atoms with Gasteiger partial charge in [-0.3, -0.25) is 0 Å². The monoisotopic (exact) mass is 226 g/mol. The Morgan fingerprint density at radius 2 is 2.21 bits per heavy atom. The lowest BCUT2D eigenvalue weighted by atomic mass is 10.7. The summed E-state index contributed by atoms with van der Waals surface area (Å²) in [5.74, 6) is 0. The zero-order chi connectivity index (χ0) is 9.97. The second-order valence-corrected chi connectivity index (χ2v) is 3.98. The predicted molar refractivity (Wildman–Crippen MR) is 54.4 cm³/mol. The number of nitrogens with zero attached hydrogens (tertiary/aromatic N) is 4. The van der Waals surface area contributed by atoms with Gasteiger partial charge in [0.2, 0.25) is 0 Å². The van der Waals surface area contributed by atoms with Crippen LogP contribution in [0.25, 0.3) is 0 Å². The molecule has 0 radical (unpaired) electrons. The van der Waals surface area contributed by atoms with Crippen LogP contribution in [-0.2, 0) is 7.05 Å². The molecule has 0 aliphatic carbocycles. The highest BCUT2D eigenvalue weighted by molar-refractivity contribution is 7.99. The normalized spacial score (nSPS) is 10.4. The molecule has 2 aromatic heterocycles. The van der Waals surface area contributed by atoms with Crippen molar-refractivity contribution in [3.63, 3.8) is 0 Å². The summed E-state index contributed by atoms with van der Waals surface area (Å²) in [6.45, 7) is 0. The first kappa shape index (κ1) is 9.48. The number of hydrogen-bond donors (Lipinski definition) is 0. The Morgan fingerprint density at radius 3 is 2.86 bits per heavy atom. The van der Waals surface area contributed by atoms with Gasteiger partial charge < -0.3 is 4.57 Å². The lowest BCUT2D eigenvalue weighted by molar-refractivity contribution is 0.788. The number of rotatable bonds is 2. The topological polar surface area (TPSA) is 43.6 Å². The van der Waals surface area contributed by atoms with Gasteiger partial charge >= 0.3 is 0 Å². The fourth-order valence-electron chi connectivity index (χ4n) is 0.917. The smallest absolute Gasteiger partial charge is 0.174 e. The number of aromatic nitrogens is 4.